The van der Waals surface area contributed by atoms with Crippen LogP contribution in [0.25, 0.3) is 5.65 Å². The molecule has 0 aliphatic heterocycles. The number of aromatic carboxylic acids is 1. The van der Waals surface area contributed by atoms with Crippen LogP contribution in [0.4, 0.5) is 5.69 Å². The number of aryl methyl sites for hydroxylation is 2. The fourth-order valence-electron chi connectivity index (χ4n) is 3.80. The predicted molar refractivity (Wildman–Crippen MR) is 128 cm³/mol. The third-order valence-electron chi connectivity index (χ3n) is 5.51. The first kappa shape index (κ1) is 23.3. The Kier molecular flexibility index (Phi) is 6.30. The second-order valence-electron chi connectivity index (χ2n) is 7.97. The minimum absolute atomic E-state index is 0.0646. The van der Waals surface area contributed by atoms with Crippen molar-refractivity contribution >= 4 is 34.8 Å². The minimum Gasteiger partial charge on any atom is -0.478 e. The van der Waals surface area contributed by atoms with Crippen molar-refractivity contribution < 1.29 is 19.4 Å². The summed E-state index contributed by atoms with van der Waals surface area (Å²) >= 11 is 6.28. The SMILES string of the molecule is CCC(=O)N(c1ccc(Oc2cccc(C)c2)c(C(=O)O)c1)C(C)c1nnc2c(Cl)c(C)[nH]n12. The van der Waals surface area contributed by atoms with Crippen molar-refractivity contribution in [2.24, 2.45) is 0 Å². The number of ether oxygens (including phenoxy) is 1. The van der Waals surface area contributed by atoms with Crippen molar-refractivity contribution in [2.75, 3.05) is 4.90 Å². The molecule has 0 fully saturated rings. The molecule has 2 N–H and O–H groups in total. The van der Waals surface area contributed by atoms with Gasteiger partial charge in [0.2, 0.25) is 5.91 Å². The van der Waals surface area contributed by atoms with Crippen molar-refractivity contribution in [3.8, 4) is 11.5 Å². The van der Waals surface area contributed by atoms with Gasteiger partial charge in [0, 0.05) is 12.1 Å². The summed E-state index contributed by atoms with van der Waals surface area (Å²) in [5.41, 5.74) is 2.50. The number of anilines is 1. The van der Waals surface area contributed by atoms with Crippen LogP contribution < -0.4 is 9.64 Å². The van der Waals surface area contributed by atoms with Crippen LogP contribution in [0.3, 0.4) is 0 Å². The number of aromatic amines is 1. The summed E-state index contributed by atoms with van der Waals surface area (Å²) in [5, 5.41) is 21.8. The zero-order chi connectivity index (χ0) is 24.6. The Morgan fingerprint density at radius 2 is 1.97 bits per heavy atom. The highest BCUT2D eigenvalue weighted by Gasteiger charge is 2.29. The van der Waals surface area contributed by atoms with Crippen molar-refractivity contribution in [2.45, 2.75) is 40.2 Å². The summed E-state index contributed by atoms with van der Waals surface area (Å²) in [6, 6.07) is 11.4. The summed E-state index contributed by atoms with van der Waals surface area (Å²) < 4.78 is 7.48. The molecule has 0 saturated heterocycles. The highest BCUT2D eigenvalue weighted by molar-refractivity contribution is 6.34. The number of fused-ring (bicyclic) bond motifs is 1. The maximum Gasteiger partial charge on any atom is 0.339 e. The van der Waals surface area contributed by atoms with Crippen LogP contribution in [0.2, 0.25) is 5.02 Å². The minimum atomic E-state index is -1.17. The zero-order valence-corrected chi connectivity index (χ0v) is 19.9. The summed E-state index contributed by atoms with van der Waals surface area (Å²) in [4.78, 5) is 26.6. The van der Waals surface area contributed by atoms with Gasteiger partial charge in [0.25, 0.3) is 0 Å². The Hall–Kier alpha value is -3.85. The Morgan fingerprint density at radius 1 is 1.21 bits per heavy atom. The van der Waals surface area contributed by atoms with Crippen molar-refractivity contribution in [3.63, 3.8) is 0 Å². The third-order valence-corrected chi connectivity index (χ3v) is 5.97. The van der Waals surface area contributed by atoms with Crippen molar-refractivity contribution in [1.82, 2.24) is 19.8 Å². The van der Waals surface area contributed by atoms with Crippen molar-refractivity contribution in [1.29, 1.82) is 0 Å². The second-order valence-corrected chi connectivity index (χ2v) is 8.34. The fourth-order valence-corrected chi connectivity index (χ4v) is 3.97. The molecule has 176 valence electrons. The van der Waals surface area contributed by atoms with E-state index in [4.69, 9.17) is 16.3 Å². The van der Waals surface area contributed by atoms with E-state index in [1.807, 2.05) is 32.0 Å². The van der Waals surface area contributed by atoms with E-state index in [2.05, 4.69) is 15.3 Å². The van der Waals surface area contributed by atoms with Crippen LogP contribution >= 0.6 is 11.6 Å². The number of carbonyl (C=O) groups is 2. The van der Waals surface area contributed by atoms with Crippen LogP contribution in [-0.2, 0) is 4.79 Å². The lowest BCUT2D eigenvalue weighted by molar-refractivity contribution is -0.118. The molecule has 34 heavy (non-hydrogen) atoms. The lowest BCUT2D eigenvalue weighted by Crippen LogP contribution is -2.34. The van der Waals surface area contributed by atoms with Gasteiger partial charge in [0.1, 0.15) is 22.1 Å². The average Bonchev–Trinajstić information content (AvgIpc) is 3.34. The maximum absolute atomic E-state index is 13.0. The molecule has 2 aromatic heterocycles. The molecule has 0 saturated carbocycles. The molecule has 1 unspecified atom stereocenters. The van der Waals surface area contributed by atoms with Gasteiger partial charge < -0.3 is 14.7 Å². The zero-order valence-electron chi connectivity index (χ0n) is 19.2. The highest BCUT2D eigenvalue weighted by atomic mass is 35.5. The van der Waals surface area contributed by atoms with Gasteiger partial charge in [-0.1, -0.05) is 30.7 Å². The lowest BCUT2D eigenvalue weighted by Gasteiger charge is -2.28. The Morgan fingerprint density at radius 3 is 2.65 bits per heavy atom. The number of hydrogen-bond donors (Lipinski definition) is 2. The number of carboxylic acid groups (broad SMARTS) is 1. The van der Waals surface area contributed by atoms with E-state index in [9.17, 15) is 14.7 Å². The molecule has 0 aliphatic rings. The normalized spacial score (nSPS) is 12.0. The Bertz CT molecular complexity index is 1390. The average molecular weight is 482 g/mol. The van der Waals surface area contributed by atoms with Gasteiger partial charge in [-0.25, -0.2) is 9.31 Å². The summed E-state index contributed by atoms with van der Waals surface area (Å²) in [6.07, 6.45) is 0.209. The van der Waals surface area contributed by atoms with E-state index < -0.39 is 12.0 Å². The van der Waals surface area contributed by atoms with Gasteiger partial charge in [-0.2, -0.15) is 0 Å². The van der Waals surface area contributed by atoms with E-state index in [1.165, 1.54) is 11.0 Å². The van der Waals surface area contributed by atoms with Gasteiger partial charge >= 0.3 is 5.97 Å². The maximum atomic E-state index is 13.0. The van der Waals surface area contributed by atoms with E-state index in [0.29, 0.717) is 27.9 Å². The summed E-state index contributed by atoms with van der Waals surface area (Å²) in [5.74, 6) is -0.214. The first-order chi connectivity index (χ1) is 16.2. The number of carboxylic acids is 1. The first-order valence-corrected chi connectivity index (χ1v) is 11.1. The van der Waals surface area contributed by atoms with Crippen molar-refractivity contribution in [3.05, 3.63) is 70.1 Å². The first-order valence-electron chi connectivity index (χ1n) is 10.7. The van der Waals surface area contributed by atoms with E-state index >= 15 is 0 Å². The number of nitrogens with one attached hydrogen (secondary N) is 1. The number of amides is 1. The van der Waals surface area contributed by atoms with Crippen LogP contribution in [0.5, 0.6) is 11.5 Å². The molecule has 10 heteroatoms. The molecule has 2 aromatic carbocycles. The monoisotopic (exact) mass is 481 g/mol. The van der Waals surface area contributed by atoms with E-state index in [1.54, 1.807) is 36.6 Å². The molecule has 1 atom stereocenters. The number of aromatic nitrogens is 4. The Labute approximate surface area is 200 Å². The number of benzene rings is 2. The number of hydrogen-bond acceptors (Lipinski definition) is 5. The number of carbonyl (C=O) groups excluding carboxylic acids is 1. The molecule has 4 aromatic rings. The standard InChI is InChI=1S/C24H24ClN5O4/c1-5-20(31)29(15(4)22-26-27-23-21(25)14(3)28-30(22)23)16-9-10-19(18(12-16)24(32)33)34-17-8-6-7-13(2)11-17/h6-12,15,28H,5H2,1-4H3,(H,32,33). The predicted octanol–water partition coefficient (Wildman–Crippen LogP) is 5.32. The number of rotatable bonds is 7. The number of H-pyrrole nitrogens is 1. The van der Waals surface area contributed by atoms with Gasteiger partial charge in [0.05, 0.1) is 11.7 Å². The highest BCUT2D eigenvalue weighted by Crippen LogP contribution is 2.34. The summed E-state index contributed by atoms with van der Waals surface area (Å²) in [7, 11) is 0. The van der Waals surface area contributed by atoms with Crippen LogP contribution in [0.15, 0.2) is 42.5 Å². The van der Waals surface area contributed by atoms with Crippen LogP contribution in [0.1, 0.15) is 53.7 Å². The van der Waals surface area contributed by atoms with Gasteiger partial charge in [0.15, 0.2) is 11.5 Å². The van der Waals surface area contributed by atoms with Gasteiger partial charge in [-0.3, -0.25) is 9.89 Å². The molecule has 0 bridgehead atoms. The molecule has 0 spiro atoms. The summed E-state index contributed by atoms with van der Waals surface area (Å²) in [6.45, 7) is 7.27. The van der Waals surface area contributed by atoms with Crippen LogP contribution in [0, 0.1) is 13.8 Å². The molecule has 1 amide bonds. The van der Waals surface area contributed by atoms with Gasteiger partial charge in [-0.05, 0) is 56.7 Å². The molecule has 9 nitrogen and oxygen atoms in total. The molecule has 0 aliphatic carbocycles. The third kappa shape index (κ3) is 4.22. The second kappa shape index (κ2) is 9.18. The van der Waals surface area contributed by atoms with E-state index in [-0.39, 0.29) is 23.6 Å². The quantitative estimate of drug-likeness (QED) is 0.369. The van der Waals surface area contributed by atoms with Gasteiger partial charge in [-0.15, -0.1) is 10.2 Å². The van der Waals surface area contributed by atoms with E-state index in [0.717, 1.165) is 11.3 Å². The molecule has 0 radical (unpaired) electrons. The fraction of sp³-hybridized carbons (Fsp3) is 0.250. The largest absolute Gasteiger partial charge is 0.478 e. The number of halogens is 1. The lowest BCUT2D eigenvalue weighted by atomic mass is 10.1. The smallest absolute Gasteiger partial charge is 0.339 e. The molecule has 2 heterocycles. The molecular weight excluding hydrogens is 458 g/mol. The number of nitrogens with zero attached hydrogens (tertiary/aromatic N) is 4. The molecular formula is C24H24ClN5O4. The van der Waals surface area contributed by atoms with Crippen LogP contribution in [-0.4, -0.2) is 36.8 Å². The Balaban J connectivity index is 1.76. The topological polar surface area (TPSA) is 113 Å². The molecule has 4 rings (SSSR count).